The average molecular weight is 218 g/mol. The molecule has 2 aromatic heterocycles. The summed E-state index contributed by atoms with van der Waals surface area (Å²) in [5.74, 6) is 0. The van der Waals surface area contributed by atoms with Crippen molar-refractivity contribution in [3.8, 4) is 0 Å². The second-order valence-electron chi connectivity index (χ2n) is 4.09. The van der Waals surface area contributed by atoms with Gasteiger partial charge in [-0.3, -0.25) is 4.68 Å². The van der Waals surface area contributed by atoms with Gasteiger partial charge < -0.3 is 9.88 Å². The van der Waals surface area contributed by atoms with Gasteiger partial charge in [0.2, 0.25) is 0 Å². The predicted octanol–water partition coefficient (Wildman–Crippen LogP) is 1.55. The largest absolute Gasteiger partial charge is 0.345 e. The number of aryl methyl sites for hydroxylation is 1. The van der Waals surface area contributed by atoms with Gasteiger partial charge in [0.05, 0.1) is 12.7 Å². The Bertz CT molecular complexity index is 455. The van der Waals surface area contributed by atoms with Crippen LogP contribution in [-0.4, -0.2) is 21.4 Å². The lowest BCUT2D eigenvalue weighted by Gasteiger charge is -2.14. The third kappa shape index (κ3) is 2.17. The minimum absolute atomic E-state index is 0.367. The molecule has 0 saturated carbocycles. The number of aromatic nitrogens is 3. The number of rotatable bonds is 4. The molecule has 0 spiro atoms. The van der Waals surface area contributed by atoms with E-state index in [-0.39, 0.29) is 0 Å². The SMILES string of the molecule is CNC(C)c1cccn1Cc1cnn(C)c1. The quantitative estimate of drug-likeness (QED) is 0.845. The van der Waals surface area contributed by atoms with Gasteiger partial charge in [0.15, 0.2) is 0 Å². The standard InChI is InChI=1S/C12H18N4/c1-10(13-2)12-5-4-6-16(12)9-11-7-14-15(3)8-11/h4-8,10,13H,9H2,1-3H3. The third-order valence-corrected chi connectivity index (χ3v) is 2.85. The highest BCUT2D eigenvalue weighted by Crippen LogP contribution is 2.14. The number of hydrogen-bond donors (Lipinski definition) is 1. The van der Waals surface area contributed by atoms with Crippen molar-refractivity contribution in [1.82, 2.24) is 19.7 Å². The number of nitrogens with one attached hydrogen (secondary N) is 1. The second kappa shape index (κ2) is 4.53. The summed E-state index contributed by atoms with van der Waals surface area (Å²) in [4.78, 5) is 0. The highest BCUT2D eigenvalue weighted by atomic mass is 15.2. The number of hydrogen-bond acceptors (Lipinski definition) is 2. The van der Waals surface area contributed by atoms with E-state index in [0.29, 0.717) is 6.04 Å². The molecule has 1 N–H and O–H groups in total. The summed E-state index contributed by atoms with van der Waals surface area (Å²) in [6.45, 7) is 3.04. The summed E-state index contributed by atoms with van der Waals surface area (Å²) in [5, 5.41) is 7.44. The van der Waals surface area contributed by atoms with E-state index < -0.39 is 0 Å². The maximum Gasteiger partial charge on any atom is 0.0539 e. The Morgan fingerprint density at radius 2 is 2.31 bits per heavy atom. The molecule has 16 heavy (non-hydrogen) atoms. The second-order valence-corrected chi connectivity index (χ2v) is 4.09. The average Bonchev–Trinajstić information content (AvgIpc) is 2.87. The van der Waals surface area contributed by atoms with Gasteiger partial charge >= 0.3 is 0 Å². The monoisotopic (exact) mass is 218 g/mol. The Morgan fingerprint density at radius 1 is 1.50 bits per heavy atom. The molecule has 86 valence electrons. The molecule has 0 bridgehead atoms. The van der Waals surface area contributed by atoms with Crippen molar-refractivity contribution in [3.63, 3.8) is 0 Å². The lowest BCUT2D eigenvalue weighted by molar-refractivity contribution is 0.589. The first-order valence-electron chi connectivity index (χ1n) is 5.50. The van der Waals surface area contributed by atoms with Crippen molar-refractivity contribution in [2.24, 2.45) is 7.05 Å². The van der Waals surface area contributed by atoms with Crippen LogP contribution in [0.2, 0.25) is 0 Å². The fraction of sp³-hybridized carbons (Fsp3) is 0.417. The Balaban J connectivity index is 2.18. The normalized spacial score (nSPS) is 12.9. The first kappa shape index (κ1) is 11.0. The fourth-order valence-corrected chi connectivity index (χ4v) is 1.86. The molecule has 4 heteroatoms. The molecule has 1 atom stereocenters. The molecule has 0 radical (unpaired) electrons. The zero-order valence-corrected chi connectivity index (χ0v) is 10.0. The van der Waals surface area contributed by atoms with Crippen LogP contribution < -0.4 is 5.32 Å². The molecule has 0 aliphatic rings. The Hall–Kier alpha value is -1.55. The van der Waals surface area contributed by atoms with Crippen LogP contribution in [0.3, 0.4) is 0 Å². The molecule has 0 aliphatic carbocycles. The smallest absolute Gasteiger partial charge is 0.0539 e. The van der Waals surface area contributed by atoms with Gasteiger partial charge in [-0.25, -0.2) is 0 Å². The molecule has 0 saturated heterocycles. The van der Waals surface area contributed by atoms with Crippen LogP contribution >= 0.6 is 0 Å². The van der Waals surface area contributed by atoms with E-state index in [4.69, 9.17) is 0 Å². The van der Waals surface area contributed by atoms with Gasteiger partial charge in [0.25, 0.3) is 0 Å². The van der Waals surface area contributed by atoms with Gasteiger partial charge in [0.1, 0.15) is 0 Å². The molecule has 0 aromatic carbocycles. The topological polar surface area (TPSA) is 34.8 Å². The van der Waals surface area contributed by atoms with Crippen LogP contribution in [0, 0.1) is 0 Å². The molecular formula is C12H18N4. The number of nitrogens with zero attached hydrogens (tertiary/aromatic N) is 3. The van der Waals surface area contributed by atoms with Crippen molar-refractivity contribution in [2.45, 2.75) is 19.5 Å². The zero-order valence-electron chi connectivity index (χ0n) is 10.0. The minimum atomic E-state index is 0.367. The summed E-state index contributed by atoms with van der Waals surface area (Å²) >= 11 is 0. The first-order chi connectivity index (χ1) is 7.70. The van der Waals surface area contributed by atoms with E-state index in [1.807, 2.05) is 31.2 Å². The Morgan fingerprint density at radius 3 is 2.94 bits per heavy atom. The molecule has 2 aromatic rings. The van der Waals surface area contributed by atoms with E-state index in [2.05, 4.69) is 40.2 Å². The van der Waals surface area contributed by atoms with Crippen molar-refractivity contribution >= 4 is 0 Å². The molecule has 2 rings (SSSR count). The highest BCUT2D eigenvalue weighted by molar-refractivity contribution is 5.15. The van der Waals surface area contributed by atoms with E-state index in [1.54, 1.807) is 0 Å². The van der Waals surface area contributed by atoms with Crippen LogP contribution in [-0.2, 0) is 13.6 Å². The lowest BCUT2D eigenvalue weighted by atomic mass is 10.2. The first-order valence-corrected chi connectivity index (χ1v) is 5.50. The van der Waals surface area contributed by atoms with Crippen LogP contribution in [0.4, 0.5) is 0 Å². The van der Waals surface area contributed by atoms with Gasteiger partial charge in [-0.1, -0.05) is 0 Å². The van der Waals surface area contributed by atoms with Crippen molar-refractivity contribution in [3.05, 3.63) is 42.0 Å². The molecule has 0 fully saturated rings. The van der Waals surface area contributed by atoms with Crippen LogP contribution in [0.25, 0.3) is 0 Å². The van der Waals surface area contributed by atoms with Gasteiger partial charge in [-0.05, 0) is 26.1 Å². The van der Waals surface area contributed by atoms with Crippen LogP contribution in [0.5, 0.6) is 0 Å². The molecular weight excluding hydrogens is 200 g/mol. The predicted molar refractivity (Wildman–Crippen MR) is 64.2 cm³/mol. The van der Waals surface area contributed by atoms with Crippen molar-refractivity contribution < 1.29 is 0 Å². The molecule has 2 heterocycles. The van der Waals surface area contributed by atoms with Crippen LogP contribution in [0.15, 0.2) is 30.7 Å². The third-order valence-electron chi connectivity index (χ3n) is 2.85. The summed E-state index contributed by atoms with van der Waals surface area (Å²) in [5.41, 5.74) is 2.52. The summed E-state index contributed by atoms with van der Waals surface area (Å²) in [6.07, 6.45) is 6.07. The van der Waals surface area contributed by atoms with E-state index in [9.17, 15) is 0 Å². The van der Waals surface area contributed by atoms with Gasteiger partial charge in [-0.15, -0.1) is 0 Å². The minimum Gasteiger partial charge on any atom is -0.345 e. The fourth-order valence-electron chi connectivity index (χ4n) is 1.86. The molecule has 4 nitrogen and oxygen atoms in total. The van der Waals surface area contributed by atoms with Gasteiger partial charge in [-0.2, -0.15) is 5.10 Å². The Kier molecular flexibility index (Phi) is 3.10. The summed E-state index contributed by atoms with van der Waals surface area (Å²) < 4.78 is 4.08. The van der Waals surface area contributed by atoms with E-state index in [0.717, 1.165) is 6.54 Å². The lowest BCUT2D eigenvalue weighted by Crippen LogP contribution is -2.16. The maximum atomic E-state index is 4.18. The van der Waals surface area contributed by atoms with Crippen molar-refractivity contribution in [2.75, 3.05) is 7.05 Å². The molecule has 0 amide bonds. The maximum absolute atomic E-state index is 4.18. The summed E-state index contributed by atoms with van der Waals surface area (Å²) in [6, 6.07) is 4.60. The zero-order chi connectivity index (χ0) is 11.5. The van der Waals surface area contributed by atoms with Gasteiger partial charge in [0, 0.05) is 36.7 Å². The van der Waals surface area contributed by atoms with Crippen LogP contribution in [0.1, 0.15) is 24.2 Å². The van der Waals surface area contributed by atoms with E-state index in [1.165, 1.54) is 11.3 Å². The molecule has 1 unspecified atom stereocenters. The summed E-state index contributed by atoms with van der Waals surface area (Å²) in [7, 11) is 3.92. The highest BCUT2D eigenvalue weighted by Gasteiger charge is 2.08. The van der Waals surface area contributed by atoms with E-state index >= 15 is 0 Å². The Labute approximate surface area is 95.9 Å². The van der Waals surface area contributed by atoms with Crippen molar-refractivity contribution in [1.29, 1.82) is 0 Å². The molecule has 0 aliphatic heterocycles.